The van der Waals surface area contributed by atoms with E-state index in [1.54, 1.807) is 23.8 Å². The normalized spacial score (nSPS) is 10.5. The number of H-pyrrole nitrogens is 1. The Hall–Kier alpha value is -2.79. The van der Waals surface area contributed by atoms with E-state index in [0.717, 1.165) is 17.0 Å². The molecular weight excluding hydrogens is 294 g/mol. The predicted octanol–water partition coefficient (Wildman–Crippen LogP) is -0.295. The standard InChI is InChI=1S/C10H11N9OS/c11-18-8-15-7(12-4-6-5-21-10(20)14-6)16-9(17-8)19-3-1-2-13-19/h1-3,5H,4,11H2,(H,14,20)(H2,12,15,16,17,18). The molecule has 0 saturated heterocycles. The van der Waals surface area contributed by atoms with Crippen molar-refractivity contribution in [3.8, 4) is 5.95 Å². The molecule has 0 saturated carbocycles. The first-order valence-electron chi connectivity index (χ1n) is 5.88. The van der Waals surface area contributed by atoms with Crippen LogP contribution in [0.5, 0.6) is 0 Å². The van der Waals surface area contributed by atoms with E-state index in [2.05, 4.69) is 35.8 Å². The van der Waals surface area contributed by atoms with Gasteiger partial charge in [0.1, 0.15) is 0 Å². The molecule has 0 aliphatic heterocycles. The Morgan fingerprint density at radius 1 is 1.33 bits per heavy atom. The Kier molecular flexibility index (Phi) is 3.57. The van der Waals surface area contributed by atoms with Gasteiger partial charge in [0.2, 0.25) is 11.9 Å². The summed E-state index contributed by atoms with van der Waals surface area (Å²) in [5.74, 6) is 6.19. The van der Waals surface area contributed by atoms with Crippen molar-refractivity contribution in [3.05, 3.63) is 39.2 Å². The van der Waals surface area contributed by atoms with Crippen LogP contribution in [0.4, 0.5) is 11.9 Å². The highest BCUT2D eigenvalue weighted by Crippen LogP contribution is 2.09. The van der Waals surface area contributed by atoms with E-state index in [1.807, 2.05) is 0 Å². The molecule has 108 valence electrons. The number of nitrogen functional groups attached to an aromatic ring is 1. The average Bonchev–Trinajstić information content (AvgIpc) is 3.16. The van der Waals surface area contributed by atoms with Crippen LogP contribution in [0.1, 0.15) is 5.69 Å². The Labute approximate surface area is 122 Å². The third kappa shape index (κ3) is 3.04. The summed E-state index contributed by atoms with van der Waals surface area (Å²) in [5, 5.41) is 8.76. The predicted molar refractivity (Wildman–Crippen MR) is 77.0 cm³/mol. The zero-order valence-electron chi connectivity index (χ0n) is 10.6. The topological polar surface area (TPSA) is 139 Å². The van der Waals surface area contributed by atoms with E-state index in [1.165, 1.54) is 4.68 Å². The maximum Gasteiger partial charge on any atom is 0.304 e. The summed E-state index contributed by atoms with van der Waals surface area (Å²) in [5.41, 5.74) is 3.12. The SMILES string of the molecule is NNc1nc(NCc2csc(=O)[nH]2)nc(-n2cccn2)n1. The summed E-state index contributed by atoms with van der Waals surface area (Å²) in [6.07, 6.45) is 3.32. The highest BCUT2D eigenvalue weighted by molar-refractivity contribution is 7.07. The van der Waals surface area contributed by atoms with Gasteiger partial charge in [0.05, 0.1) is 6.54 Å². The molecular formula is C10H11N9OS. The number of hydrazine groups is 1. The molecule has 10 nitrogen and oxygen atoms in total. The van der Waals surface area contributed by atoms with Crippen molar-refractivity contribution in [2.75, 3.05) is 10.7 Å². The summed E-state index contributed by atoms with van der Waals surface area (Å²) in [6, 6.07) is 1.75. The van der Waals surface area contributed by atoms with Gasteiger partial charge in [-0.3, -0.25) is 10.2 Å². The Bertz CT molecular complexity index is 778. The minimum Gasteiger partial charge on any atom is -0.348 e. The van der Waals surface area contributed by atoms with E-state index < -0.39 is 0 Å². The number of rotatable bonds is 5. The smallest absolute Gasteiger partial charge is 0.304 e. The number of nitrogens with two attached hydrogens (primary N) is 1. The second kappa shape index (κ2) is 5.68. The zero-order valence-corrected chi connectivity index (χ0v) is 11.5. The highest BCUT2D eigenvalue weighted by Gasteiger charge is 2.08. The molecule has 11 heteroatoms. The van der Waals surface area contributed by atoms with Crippen LogP contribution in [0.3, 0.4) is 0 Å². The molecule has 0 bridgehead atoms. The number of hydrogen-bond donors (Lipinski definition) is 4. The van der Waals surface area contributed by atoms with Crippen LogP contribution in [0.25, 0.3) is 5.95 Å². The van der Waals surface area contributed by atoms with E-state index in [4.69, 9.17) is 5.84 Å². The lowest BCUT2D eigenvalue weighted by atomic mass is 10.5. The molecule has 0 unspecified atom stereocenters. The summed E-state index contributed by atoms with van der Waals surface area (Å²) >= 11 is 1.10. The summed E-state index contributed by atoms with van der Waals surface area (Å²) in [7, 11) is 0. The number of aromatic amines is 1. The molecule has 5 N–H and O–H groups in total. The van der Waals surface area contributed by atoms with Crippen molar-refractivity contribution in [1.29, 1.82) is 0 Å². The van der Waals surface area contributed by atoms with Gasteiger partial charge in [0, 0.05) is 23.5 Å². The molecule has 3 aromatic rings. The van der Waals surface area contributed by atoms with Gasteiger partial charge >= 0.3 is 4.87 Å². The lowest BCUT2D eigenvalue weighted by Gasteiger charge is -2.07. The fourth-order valence-corrected chi connectivity index (χ4v) is 2.15. The number of nitrogens with one attached hydrogen (secondary N) is 3. The highest BCUT2D eigenvalue weighted by atomic mass is 32.1. The minimum atomic E-state index is -0.107. The fraction of sp³-hybridized carbons (Fsp3) is 0.100. The van der Waals surface area contributed by atoms with Gasteiger partial charge in [-0.15, -0.1) is 0 Å². The first kappa shape index (κ1) is 13.2. The van der Waals surface area contributed by atoms with E-state index >= 15 is 0 Å². The molecule has 0 fully saturated rings. The Balaban J connectivity index is 1.84. The van der Waals surface area contributed by atoms with Crippen molar-refractivity contribution in [2.24, 2.45) is 5.84 Å². The number of thiazole rings is 1. The molecule has 0 aromatic carbocycles. The van der Waals surface area contributed by atoms with Crippen LogP contribution >= 0.6 is 11.3 Å². The van der Waals surface area contributed by atoms with Crippen molar-refractivity contribution in [3.63, 3.8) is 0 Å². The van der Waals surface area contributed by atoms with Crippen LogP contribution in [0.15, 0.2) is 28.6 Å². The number of aromatic nitrogens is 6. The monoisotopic (exact) mass is 305 g/mol. The van der Waals surface area contributed by atoms with Gasteiger partial charge in [-0.1, -0.05) is 11.3 Å². The lowest BCUT2D eigenvalue weighted by molar-refractivity contribution is 0.795. The molecule has 3 heterocycles. The Morgan fingerprint density at radius 2 is 2.19 bits per heavy atom. The minimum absolute atomic E-state index is 0.107. The van der Waals surface area contributed by atoms with Crippen LogP contribution in [-0.4, -0.2) is 29.7 Å². The van der Waals surface area contributed by atoms with Crippen molar-refractivity contribution in [2.45, 2.75) is 6.54 Å². The van der Waals surface area contributed by atoms with Gasteiger partial charge in [-0.25, -0.2) is 10.5 Å². The quantitative estimate of drug-likeness (QED) is 0.372. The van der Waals surface area contributed by atoms with Crippen molar-refractivity contribution >= 4 is 23.2 Å². The van der Waals surface area contributed by atoms with E-state index in [-0.39, 0.29) is 10.8 Å². The van der Waals surface area contributed by atoms with Crippen molar-refractivity contribution in [1.82, 2.24) is 29.7 Å². The summed E-state index contributed by atoms with van der Waals surface area (Å²) < 4.78 is 1.49. The van der Waals surface area contributed by atoms with Crippen molar-refractivity contribution < 1.29 is 0 Å². The molecule has 21 heavy (non-hydrogen) atoms. The van der Waals surface area contributed by atoms with E-state index in [0.29, 0.717) is 18.4 Å². The molecule has 3 aromatic heterocycles. The van der Waals surface area contributed by atoms with E-state index in [9.17, 15) is 4.79 Å². The number of anilines is 2. The second-order valence-corrected chi connectivity index (χ2v) is 4.75. The van der Waals surface area contributed by atoms with Gasteiger partial charge in [0.15, 0.2) is 0 Å². The fourth-order valence-electron chi connectivity index (χ4n) is 1.57. The van der Waals surface area contributed by atoms with Crippen LogP contribution in [0, 0.1) is 0 Å². The van der Waals surface area contributed by atoms with Gasteiger partial charge in [0.25, 0.3) is 5.95 Å². The third-order valence-corrected chi connectivity index (χ3v) is 3.19. The van der Waals surface area contributed by atoms with Crippen LogP contribution < -0.4 is 21.5 Å². The molecule has 0 atom stereocenters. The zero-order chi connectivity index (χ0) is 14.7. The molecule has 0 aliphatic rings. The van der Waals surface area contributed by atoms with Crippen LogP contribution in [0.2, 0.25) is 0 Å². The molecule has 0 radical (unpaired) electrons. The molecule has 3 rings (SSSR count). The maximum absolute atomic E-state index is 11.1. The average molecular weight is 305 g/mol. The molecule has 0 spiro atoms. The largest absolute Gasteiger partial charge is 0.348 e. The molecule has 0 amide bonds. The number of nitrogens with zero attached hydrogens (tertiary/aromatic N) is 5. The first-order chi connectivity index (χ1) is 10.2. The van der Waals surface area contributed by atoms with Gasteiger partial charge in [-0.2, -0.15) is 20.1 Å². The lowest BCUT2D eigenvalue weighted by Crippen LogP contribution is -2.16. The second-order valence-electron chi connectivity index (χ2n) is 3.90. The first-order valence-corrected chi connectivity index (χ1v) is 6.76. The van der Waals surface area contributed by atoms with Gasteiger partial charge in [-0.05, 0) is 6.07 Å². The van der Waals surface area contributed by atoms with Gasteiger partial charge < -0.3 is 10.3 Å². The maximum atomic E-state index is 11.1. The molecule has 0 aliphatic carbocycles. The summed E-state index contributed by atoms with van der Waals surface area (Å²) in [4.78, 5) is 26.1. The number of hydrogen-bond acceptors (Lipinski definition) is 9. The summed E-state index contributed by atoms with van der Waals surface area (Å²) in [6.45, 7) is 0.380. The van der Waals surface area contributed by atoms with Crippen LogP contribution in [-0.2, 0) is 6.54 Å². The Morgan fingerprint density at radius 3 is 2.86 bits per heavy atom. The third-order valence-electron chi connectivity index (χ3n) is 2.47.